The van der Waals surface area contributed by atoms with Crippen molar-refractivity contribution in [1.29, 1.82) is 0 Å². The Bertz CT molecular complexity index is 620. The summed E-state index contributed by atoms with van der Waals surface area (Å²) in [6.45, 7) is 0. The summed E-state index contributed by atoms with van der Waals surface area (Å²) in [7, 11) is 0. The van der Waals surface area contributed by atoms with Crippen molar-refractivity contribution in [1.82, 2.24) is 4.98 Å². The minimum Gasteiger partial charge on any atom is -0.320 e. The second-order valence-corrected chi connectivity index (χ2v) is 4.81. The van der Waals surface area contributed by atoms with Crippen LogP contribution in [0.1, 0.15) is 10.5 Å². The maximum absolute atomic E-state index is 12.0. The molecule has 0 unspecified atom stereocenters. The van der Waals surface area contributed by atoms with Crippen molar-refractivity contribution >= 4 is 44.9 Å². The lowest BCUT2D eigenvalue weighted by Gasteiger charge is -2.08. The first-order valence-corrected chi connectivity index (χ1v) is 6.48. The number of anilines is 2. The number of nitrogens with zero attached hydrogens (tertiary/aromatic N) is 1. The minimum atomic E-state index is -0.347. The Morgan fingerprint density at radius 1 is 1.26 bits per heavy atom. The molecule has 0 aliphatic carbocycles. The number of nitrogens with two attached hydrogens (primary N) is 1. The molecule has 0 atom stereocenters. The standard InChI is InChI=1S/C12H10BrClN4O/c13-11-7(14)3-1-4-8(11)17-12(19)9-5-2-6-10(16-9)18-15/h1-6H,15H2,(H,16,18)(H,17,19). The van der Waals surface area contributed by atoms with Gasteiger partial charge in [0.15, 0.2) is 0 Å². The number of benzene rings is 1. The van der Waals surface area contributed by atoms with Gasteiger partial charge in [0.05, 0.1) is 15.2 Å². The highest BCUT2D eigenvalue weighted by Gasteiger charge is 2.11. The number of amides is 1. The Labute approximate surface area is 123 Å². The highest BCUT2D eigenvalue weighted by Crippen LogP contribution is 2.30. The van der Waals surface area contributed by atoms with E-state index in [9.17, 15) is 4.79 Å². The molecule has 98 valence electrons. The second kappa shape index (κ2) is 6.01. The maximum atomic E-state index is 12.0. The van der Waals surface area contributed by atoms with Gasteiger partial charge in [0.1, 0.15) is 11.5 Å². The molecule has 1 aromatic heterocycles. The fourth-order valence-corrected chi connectivity index (χ4v) is 1.97. The van der Waals surface area contributed by atoms with Crippen molar-refractivity contribution in [2.24, 2.45) is 5.84 Å². The highest BCUT2D eigenvalue weighted by atomic mass is 79.9. The van der Waals surface area contributed by atoms with Crippen LogP contribution in [0.3, 0.4) is 0 Å². The van der Waals surface area contributed by atoms with Crippen molar-refractivity contribution in [2.75, 3.05) is 10.7 Å². The van der Waals surface area contributed by atoms with Gasteiger partial charge in [-0.2, -0.15) is 0 Å². The molecule has 0 fully saturated rings. The Kier molecular flexibility index (Phi) is 4.36. The number of pyridine rings is 1. The fourth-order valence-electron chi connectivity index (χ4n) is 1.43. The van der Waals surface area contributed by atoms with Gasteiger partial charge in [0.2, 0.25) is 0 Å². The summed E-state index contributed by atoms with van der Waals surface area (Å²) >= 11 is 9.26. The van der Waals surface area contributed by atoms with Crippen LogP contribution in [0.5, 0.6) is 0 Å². The van der Waals surface area contributed by atoms with Crippen molar-refractivity contribution in [2.45, 2.75) is 0 Å². The van der Waals surface area contributed by atoms with E-state index in [1.807, 2.05) is 0 Å². The van der Waals surface area contributed by atoms with Crippen LogP contribution in [0.2, 0.25) is 5.02 Å². The quantitative estimate of drug-likeness (QED) is 0.592. The first kappa shape index (κ1) is 13.8. The SMILES string of the molecule is NNc1cccc(C(=O)Nc2cccc(Cl)c2Br)n1. The molecule has 0 radical (unpaired) electrons. The van der Waals surface area contributed by atoms with Crippen LogP contribution in [0, 0.1) is 0 Å². The summed E-state index contributed by atoms with van der Waals surface area (Å²) in [5.41, 5.74) is 3.21. The van der Waals surface area contributed by atoms with E-state index in [1.165, 1.54) is 0 Å². The van der Waals surface area contributed by atoms with E-state index in [4.69, 9.17) is 17.4 Å². The van der Waals surface area contributed by atoms with Gasteiger partial charge >= 0.3 is 0 Å². The van der Waals surface area contributed by atoms with E-state index in [1.54, 1.807) is 36.4 Å². The van der Waals surface area contributed by atoms with Crippen LogP contribution >= 0.6 is 27.5 Å². The third kappa shape index (κ3) is 3.23. The van der Waals surface area contributed by atoms with Gasteiger partial charge in [-0.15, -0.1) is 0 Å². The number of nitrogens with one attached hydrogen (secondary N) is 2. The molecule has 2 rings (SSSR count). The predicted octanol–water partition coefficient (Wildman–Crippen LogP) is 3.04. The van der Waals surface area contributed by atoms with E-state index in [0.29, 0.717) is 21.0 Å². The Morgan fingerprint density at radius 2 is 2.00 bits per heavy atom. The van der Waals surface area contributed by atoms with Crippen molar-refractivity contribution in [3.05, 3.63) is 51.6 Å². The van der Waals surface area contributed by atoms with Crippen LogP contribution in [-0.4, -0.2) is 10.9 Å². The number of hydrogen-bond acceptors (Lipinski definition) is 4. The van der Waals surface area contributed by atoms with Crippen LogP contribution in [0.4, 0.5) is 11.5 Å². The molecule has 0 bridgehead atoms. The fraction of sp³-hybridized carbons (Fsp3) is 0. The summed E-state index contributed by atoms with van der Waals surface area (Å²) in [5.74, 6) is 5.31. The number of carbonyl (C=O) groups is 1. The van der Waals surface area contributed by atoms with Gasteiger partial charge in [-0.1, -0.05) is 23.7 Å². The Hall–Kier alpha value is -1.63. The number of carbonyl (C=O) groups excluding carboxylic acids is 1. The van der Waals surface area contributed by atoms with Crippen LogP contribution in [0.25, 0.3) is 0 Å². The molecule has 4 N–H and O–H groups in total. The summed E-state index contributed by atoms with van der Waals surface area (Å²) in [6, 6.07) is 10.1. The summed E-state index contributed by atoms with van der Waals surface area (Å²) in [6.07, 6.45) is 0. The van der Waals surface area contributed by atoms with Crippen molar-refractivity contribution in [3.8, 4) is 0 Å². The number of hydrogen-bond donors (Lipinski definition) is 3. The lowest BCUT2D eigenvalue weighted by atomic mass is 10.3. The summed E-state index contributed by atoms with van der Waals surface area (Å²) in [4.78, 5) is 16.1. The molecule has 1 aromatic carbocycles. The zero-order chi connectivity index (χ0) is 13.8. The van der Waals surface area contributed by atoms with E-state index in [0.717, 1.165) is 0 Å². The monoisotopic (exact) mass is 340 g/mol. The molecular weight excluding hydrogens is 332 g/mol. The number of hydrazine groups is 1. The second-order valence-electron chi connectivity index (χ2n) is 3.61. The number of aromatic nitrogens is 1. The lowest BCUT2D eigenvalue weighted by molar-refractivity contribution is 0.102. The van der Waals surface area contributed by atoms with Crippen LogP contribution in [0.15, 0.2) is 40.9 Å². The van der Waals surface area contributed by atoms with E-state index in [2.05, 4.69) is 31.7 Å². The number of halogens is 2. The molecule has 0 spiro atoms. The average molecular weight is 342 g/mol. The molecule has 1 heterocycles. The third-order valence-electron chi connectivity index (χ3n) is 2.33. The Balaban J connectivity index is 2.23. The first-order valence-electron chi connectivity index (χ1n) is 5.31. The zero-order valence-corrected chi connectivity index (χ0v) is 12.0. The van der Waals surface area contributed by atoms with Crippen LogP contribution < -0.4 is 16.6 Å². The topological polar surface area (TPSA) is 80.0 Å². The molecule has 0 saturated heterocycles. The van der Waals surface area contributed by atoms with Gasteiger partial charge in [-0.05, 0) is 40.2 Å². The predicted molar refractivity (Wildman–Crippen MR) is 79.2 cm³/mol. The molecular formula is C12H10BrClN4O. The molecule has 0 saturated carbocycles. The van der Waals surface area contributed by atoms with E-state index < -0.39 is 0 Å². The largest absolute Gasteiger partial charge is 0.320 e. The Morgan fingerprint density at radius 3 is 2.74 bits per heavy atom. The van der Waals surface area contributed by atoms with Gasteiger partial charge in [0, 0.05) is 0 Å². The highest BCUT2D eigenvalue weighted by molar-refractivity contribution is 9.10. The zero-order valence-electron chi connectivity index (χ0n) is 9.65. The van der Waals surface area contributed by atoms with E-state index in [-0.39, 0.29) is 11.6 Å². The smallest absolute Gasteiger partial charge is 0.274 e. The van der Waals surface area contributed by atoms with Gasteiger partial charge in [-0.25, -0.2) is 10.8 Å². The molecule has 2 aromatic rings. The van der Waals surface area contributed by atoms with Gasteiger partial charge in [-0.3, -0.25) is 4.79 Å². The summed E-state index contributed by atoms with van der Waals surface area (Å²) in [5, 5.41) is 3.23. The lowest BCUT2D eigenvalue weighted by Crippen LogP contribution is -2.16. The maximum Gasteiger partial charge on any atom is 0.274 e. The third-order valence-corrected chi connectivity index (χ3v) is 3.73. The van der Waals surface area contributed by atoms with Crippen molar-refractivity contribution in [3.63, 3.8) is 0 Å². The van der Waals surface area contributed by atoms with Gasteiger partial charge < -0.3 is 10.7 Å². The molecule has 0 aliphatic rings. The average Bonchev–Trinajstić information content (AvgIpc) is 2.44. The molecule has 19 heavy (non-hydrogen) atoms. The van der Waals surface area contributed by atoms with Crippen molar-refractivity contribution < 1.29 is 4.79 Å². The minimum absolute atomic E-state index is 0.252. The van der Waals surface area contributed by atoms with Gasteiger partial charge in [0.25, 0.3) is 5.91 Å². The molecule has 0 aliphatic heterocycles. The normalized spacial score (nSPS) is 10.1. The van der Waals surface area contributed by atoms with E-state index >= 15 is 0 Å². The molecule has 7 heteroatoms. The number of rotatable bonds is 3. The first-order chi connectivity index (χ1) is 9.11. The molecule has 5 nitrogen and oxygen atoms in total. The molecule has 1 amide bonds. The van der Waals surface area contributed by atoms with Crippen LogP contribution in [-0.2, 0) is 0 Å². The summed E-state index contributed by atoms with van der Waals surface area (Å²) < 4.78 is 0.623. The number of nitrogen functional groups attached to an aromatic ring is 1.